The highest BCUT2D eigenvalue weighted by molar-refractivity contribution is 5.21. The van der Waals surface area contributed by atoms with Crippen molar-refractivity contribution in [1.82, 2.24) is 9.47 Å². The average molecular weight is 324 g/mol. The van der Waals surface area contributed by atoms with E-state index in [-0.39, 0.29) is 23.8 Å². The number of hydrogen-bond acceptors (Lipinski definition) is 4. The lowest BCUT2D eigenvalue weighted by atomic mass is 10.2. The summed E-state index contributed by atoms with van der Waals surface area (Å²) in [6.07, 6.45) is 6.75. The van der Waals surface area contributed by atoms with Gasteiger partial charge in [0, 0.05) is 18.3 Å². The van der Waals surface area contributed by atoms with Gasteiger partial charge in [0.05, 0.1) is 18.8 Å². The van der Waals surface area contributed by atoms with Crippen LogP contribution in [0.15, 0.2) is 17.1 Å². The Morgan fingerprint density at radius 1 is 1.17 bits per heavy atom. The normalized spacial score (nSPS) is 12.7. The molecule has 0 amide bonds. The smallest absolute Gasteiger partial charge is 0.223 e. The molecule has 1 atom stereocenters. The average Bonchev–Trinajstić information content (AvgIpc) is 2.55. The van der Waals surface area contributed by atoms with E-state index in [0.29, 0.717) is 6.54 Å². The molecule has 0 fully saturated rings. The molecule has 1 rings (SSSR count). The van der Waals surface area contributed by atoms with E-state index < -0.39 is 0 Å². The Hall–Kier alpha value is -1.33. The van der Waals surface area contributed by atoms with Gasteiger partial charge < -0.3 is 14.8 Å². The Kier molecular flexibility index (Phi) is 8.95. The van der Waals surface area contributed by atoms with Crippen LogP contribution in [0.3, 0.4) is 0 Å². The number of aromatic nitrogens is 1. The second-order valence-corrected chi connectivity index (χ2v) is 6.15. The molecule has 0 radical (unpaired) electrons. The van der Waals surface area contributed by atoms with Crippen LogP contribution in [0.1, 0.15) is 64.6 Å². The van der Waals surface area contributed by atoms with E-state index in [9.17, 15) is 15.0 Å². The minimum atomic E-state index is -0.352. The number of aliphatic hydroxyl groups excluding tert-OH is 1. The molecular formula is C18H32N2O3. The maximum Gasteiger partial charge on any atom is 0.223 e. The predicted molar refractivity (Wildman–Crippen MR) is 93.9 cm³/mol. The summed E-state index contributed by atoms with van der Waals surface area (Å²) in [6, 6.07) is 1.40. The molecule has 0 saturated carbocycles. The van der Waals surface area contributed by atoms with Crippen molar-refractivity contribution >= 4 is 0 Å². The first-order valence-corrected chi connectivity index (χ1v) is 8.84. The summed E-state index contributed by atoms with van der Waals surface area (Å²) in [5, 5.41) is 19.3. The van der Waals surface area contributed by atoms with Gasteiger partial charge >= 0.3 is 0 Å². The van der Waals surface area contributed by atoms with Gasteiger partial charge in [-0.25, -0.2) is 0 Å². The van der Waals surface area contributed by atoms with Crippen molar-refractivity contribution in [2.45, 2.75) is 65.5 Å². The van der Waals surface area contributed by atoms with E-state index in [2.05, 4.69) is 18.7 Å². The van der Waals surface area contributed by atoms with Gasteiger partial charge in [-0.1, -0.05) is 33.6 Å². The maximum absolute atomic E-state index is 11.9. The molecule has 23 heavy (non-hydrogen) atoms. The summed E-state index contributed by atoms with van der Waals surface area (Å²) in [7, 11) is 0. The van der Waals surface area contributed by atoms with Crippen LogP contribution in [-0.2, 0) is 6.54 Å². The van der Waals surface area contributed by atoms with Crippen molar-refractivity contribution in [3.05, 3.63) is 28.2 Å². The van der Waals surface area contributed by atoms with Crippen LogP contribution >= 0.6 is 0 Å². The molecule has 1 heterocycles. The van der Waals surface area contributed by atoms with Gasteiger partial charge in [0.15, 0.2) is 5.75 Å². The first-order valence-electron chi connectivity index (χ1n) is 8.84. The van der Waals surface area contributed by atoms with E-state index in [0.717, 1.165) is 50.9 Å². The summed E-state index contributed by atoms with van der Waals surface area (Å²) in [5.74, 6) is -0.255. The summed E-state index contributed by atoms with van der Waals surface area (Å²) in [6.45, 7) is 9.01. The van der Waals surface area contributed by atoms with Crippen LogP contribution in [0, 0.1) is 0 Å². The molecule has 0 aliphatic heterocycles. The fourth-order valence-electron chi connectivity index (χ4n) is 2.72. The molecule has 0 bridgehead atoms. The Balaban J connectivity index is 3.06. The van der Waals surface area contributed by atoms with Crippen molar-refractivity contribution in [2.24, 2.45) is 0 Å². The first kappa shape index (κ1) is 19.7. The first-order chi connectivity index (χ1) is 11.1. The van der Waals surface area contributed by atoms with Gasteiger partial charge in [-0.15, -0.1) is 0 Å². The number of aromatic hydroxyl groups is 1. The highest BCUT2D eigenvalue weighted by atomic mass is 16.3. The molecular weight excluding hydrogens is 292 g/mol. The van der Waals surface area contributed by atoms with Gasteiger partial charge in [-0.2, -0.15) is 0 Å². The molecule has 0 aliphatic rings. The number of hydrogen-bond donors (Lipinski definition) is 2. The quantitative estimate of drug-likeness (QED) is 0.657. The third kappa shape index (κ3) is 5.99. The number of rotatable bonds is 11. The number of unbranched alkanes of at least 4 members (excludes halogenated alkanes) is 2. The van der Waals surface area contributed by atoms with Crippen molar-refractivity contribution in [2.75, 3.05) is 19.7 Å². The second kappa shape index (κ2) is 10.4. The third-order valence-corrected chi connectivity index (χ3v) is 4.26. The topological polar surface area (TPSA) is 65.7 Å². The third-order valence-electron chi connectivity index (χ3n) is 4.26. The Bertz CT molecular complexity index is 501. The maximum atomic E-state index is 11.9. The van der Waals surface area contributed by atoms with Gasteiger partial charge in [0.1, 0.15) is 0 Å². The van der Waals surface area contributed by atoms with Gasteiger partial charge in [0.25, 0.3) is 0 Å². The lowest BCUT2D eigenvalue weighted by molar-refractivity contribution is 0.208. The van der Waals surface area contributed by atoms with Crippen molar-refractivity contribution < 1.29 is 10.2 Å². The van der Waals surface area contributed by atoms with Crippen molar-refractivity contribution in [3.8, 4) is 5.75 Å². The number of aliphatic hydroxyl groups is 1. The largest absolute Gasteiger partial charge is 0.503 e. The summed E-state index contributed by atoms with van der Waals surface area (Å²) in [4.78, 5) is 14.2. The van der Waals surface area contributed by atoms with E-state index in [4.69, 9.17) is 0 Å². The van der Waals surface area contributed by atoms with E-state index >= 15 is 0 Å². The Morgan fingerprint density at radius 2 is 1.78 bits per heavy atom. The SMILES string of the molecule is CCCCN(CCCC)Cc1cc(=O)c(O)cn1C(CC)CO. The molecule has 132 valence electrons. The van der Waals surface area contributed by atoms with Crippen LogP contribution in [0.5, 0.6) is 5.75 Å². The van der Waals surface area contributed by atoms with Crippen LogP contribution in [0.25, 0.3) is 0 Å². The minimum absolute atomic E-state index is 0.00424. The monoisotopic (exact) mass is 324 g/mol. The highest BCUT2D eigenvalue weighted by Crippen LogP contribution is 2.18. The molecule has 0 aromatic carbocycles. The van der Waals surface area contributed by atoms with Crippen LogP contribution in [-0.4, -0.2) is 39.4 Å². The van der Waals surface area contributed by atoms with E-state index in [1.54, 1.807) is 0 Å². The van der Waals surface area contributed by atoms with Crippen molar-refractivity contribution in [1.29, 1.82) is 0 Å². The molecule has 0 saturated heterocycles. The Labute approximate surface area is 139 Å². The van der Waals surface area contributed by atoms with Crippen molar-refractivity contribution in [3.63, 3.8) is 0 Å². The zero-order chi connectivity index (χ0) is 17.2. The van der Waals surface area contributed by atoms with Crippen LogP contribution in [0.2, 0.25) is 0 Å². The summed E-state index contributed by atoms with van der Waals surface area (Å²) in [5.41, 5.74) is 0.510. The molecule has 1 aromatic heterocycles. The minimum Gasteiger partial charge on any atom is -0.503 e. The molecule has 1 aromatic rings. The number of pyridine rings is 1. The molecule has 0 spiro atoms. The summed E-state index contributed by atoms with van der Waals surface area (Å²) < 4.78 is 1.86. The molecule has 5 heteroatoms. The second-order valence-electron chi connectivity index (χ2n) is 6.15. The zero-order valence-corrected chi connectivity index (χ0v) is 14.8. The summed E-state index contributed by atoms with van der Waals surface area (Å²) >= 11 is 0. The van der Waals surface area contributed by atoms with Gasteiger partial charge in [-0.3, -0.25) is 9.69 Å². The molecule has 5 nitrogen and oxygen atoms in total. The lowest BCUT2D eigenvalue weighted by Gasteiger charge is -2.27. The molecule has 2 N–H and O–H groups in total. The van der Waals surface area contributed by atoms with E-state index in [1.165, 1.54) is 12.3 Å². The lowest BCUT2D eigenvalue weighted by Crippen LogP contribution is -2.29. The standard InChI is InChI=1S/C18H32N2O3/c1-4-7-9-19(10-8-5-2)12-16-11-17(22)18(23)13-20(16)15(6-3)14-21/h11,13,15,21,23H,4-10,12,14H2,1-3H3. The van der Waals surface area contributed by atoms with Crippen LogP contribution in [0.4, 0.5) is 0 Å². The fourth-order valence-corrected chi connectivity index (χ4v) is 2.72. The zero-order valence-electron chi connectivity index (χ0n) is 14.8. The van der Waals surface area contributed by atoms with Gasteiger partial charge in [-0.05, 0) is 32.4 Å². The van der Waals surface area contributed by atoms with E-state index in [1.807, 2.05) is 11.5 Å². The number of nitrogens with zero attached hydrogens (tertiary/aromatic N) is 2. The van der Waals surface area contributed by atoms with Gasteiger partial charge in [0.2, 0.25) is 5.43 Å². The molecule has 0 aliphatic carbocycles. The predicted octanol–water partition coefficient (Wildman–Crippen LogP) is 2.90. The molecule has 1 unspecified atom stereocenters. The Morgan fingerprint density at radius 3 is 2.26 bits per heavy atom. The van der Waals surface area contributed by atoms with Crippen LogP contribution < -0.4 is 5.43 Å². The fraction of sp³-hybridized carbons (Fsp3) is 0.722. The highest BCUT2D eigenvalue weighted by Gasteiger charge is 2.15.